The summed E-state index contributed by atoms with van der Waals surface area (Å²) in [5.74, 6) is 1.52. The van der Waals surface area contributed by atoms with Gasteiger partial charge in [-0.3, -0.25) is 4.98 Å². The number of hydrogen-bond donors (Lipinski definition) is 1. The summed E-state index contributed by atoms with van der Waals surface area (Å²) in [6.07, 6.45) is 3.62. The molecule has 0 radical (unpaired) electrons. The SMILES string of the molecule is CCCc1nc(Cl)cc(NCc2ncccc2C)n1. The van der Waals surface area contributed by atoms with E-state index in [1.165, 1.54) is 0 Å². The van der Waals surface area contributed by atoms with Crippen molar-refractivity contribution in [2.45, 2.75) is 33.2 Å². The van der Waals surface area contributed by atoms with Crippen LogP contribution < -0.4 is 5.32 Å². The Hall–Kier alpha value is -1.68. The average molecular weight is 277 g/mol. The lowest BCUT2D eigenvalue weighted by atomic mass is 10.2. The Balaban J connectivity index is 2.09. The predicted octanol–water partition coefficient (Wildman–Crippen LogP) is 3.40. The molecule has 0 saturated heterocycles. The van der Waals surface area contributed by atoms with Crippen molar-refractivity contribution in [1.29, 1.82) is 0 Å². The molecule has 100 valence electrons. The zero-order valence-electron chi connectivity index (χ0n) is 11.2. The van der Waals surface area contributed by atoms with Crippen LogP contribution in [-0.4, -0.2) is 15.0 Å². The fourth-order valence-corrected chi connectivity index (χ4v) is 1.97. The molecule has 2 rings (SSSR count). The first-order valence-electron chi connectivity index (χ1n) is 6.37. The molecule has 0 aromatic carbocycles. The third-order valence-electron chi connectivity index (χ3n) is 2.77. The molecule has 19 heavy (non-hydrogen) atoms. The van der Waals surface area contributed by atoms with Gasteiger partial charge in [0, 0.05) is 18.7 Å². The fourth-order valence-electron chi connectivity index (χ4n) is 1.77. The molecular formula is C14H17ClN4. The van der Waals surface area contributed by atoms with E-state index in [1.807, 2.05) is 19.1 Å². The van der Waals surface area contributed by atoms with Gasteiger partial charge in [-0.15, -0.1) is 0 Å². The molecule has 0 amide bonds. The second-order valence-corrected chi connectivity index (χ2v) is 4.75. The number of hydrogen-bond acceptors (Lipinski definition) is 4. The summed E-state index contributed by atoms with van der Waals surface area (Å²) in [4.78, 5) is 13.0. The zero-order valence-corrected chi connectivity index (χ0v) is 11.9. The summed E-state index contributed by atoms with van der Waals surface area (Å²) >= 11 is 5.99. The second-order valence-electron chi connectivity index (χ2n) is 4.36. The Morgan fingerprint density at radius 2 is 2.16 bits per heavy atom. The smallest absolute Gasteiger partial charge is 0.134 e. The predicted molar refractivity (Wildman–Crippen MR) is 77.3 cm³/mol. The van der Waals surface area contributed by atoms with Gasteiger partial charge in [0.2, 0.25) is 0 Å². The minimum absolute atomic E-state index is 0.471. The first kappa shape index (κ1) is 13.7. The first-order chi connectivity index (χ1) is 9.19. The van der Waals surface area contributed by atoms with Crippen LogP contribution in [0.25, 0.3) is 0 Å². The average Bonchev–Trinajstić information content (AvgIpc) is 2.37. The highest BCUT2D eigenvalue weighted by molar-refractivity contribution is 6.29. The Morgan fingerprint density at radius 3 is 2.89 bits per heavy atom. The van der Waals surface area contributed by atoms with Gasteiger partial charge in [-0.2, -0.15) is 0 Å². The van der Waals surface area contributed by atoms with Crippen LogP contribution in [-0.2, 0) is 13.0 Å². The largest absolute Gasteiger partial charge is 0.364 e. The van der Waals surface area contributed by atoms with E-state index in [4.69, 9.17) is 11.6 Å². The number of nitrogens with one attached hydrogen (secondary N) is 1. The third kappa shape index (κ3) is 3.89. The van der Waals surface area contributed by atoms with Crippen LogP contribution in [0.2, 0.25) is 5.15 Å². The molecule has 0 aliphatic rings. The number of anilines is 1. The van der Waals surface area contributed by atoms with Gasteiger partial charge in [-0.1, -0.05) is 24.6 Å². The normalized spacial score (nSPS) is 10.5. The summed E-state index contributed by atoms with van der Waals surface area (Å²) in [6, 6.07) is 5.71. The molecule has 2 heterocycles. The molecule has 0 aliphatic carbocycles. The topological polar surface area (TPSA) is 50.7 Å². The van der Waals surface area contributed by atoms with Gasteiger partial charge in [0.1, 0.15) is 16.8 Å². The maximum atomic E-state index is 5.99. The van der Waals surface area contributed by atoms with Crippen molar-refractivity contribution in [3.63, 3.8) is 0 Å². The van der Waals surface area contributed by atoms with E-state index in [0.717, 1.165) is 35.7 Å². The molecule has 0 saturated carbocycles. The molecule has 0 fully saturated rings. The highest BCUT2D eigenvalue weighted by Gasteiger charge is 2.04. The van der Waals surface area contributed by atoms with Crippen LogP contribution in [0.5, 0.6) is 0 Å². The molecule has 1 N–H and O–H groups in total. The van der Waals surface area contributed by atoms with Crippen molar-refractivity contribution in [2.75, 3.05) is 5.32 Å². The summed E-state index contributed by atoms with van der Waals surface area (Å²) < 4.78 is 0. The molecule has 0 unspecified atom stereocenters. The molecule has 4 nitrogen and oxygen atoms in total. The number of aromatic nitrogens is 3. The fraction of sp³-hybridized carbons (Fsp3) is 0.357. The van der Waals surface area contributed by atoms with E-state index in [0.29, 0.717) is 11.7 Å². The summed E-state index contributed by atoms with van der Waals surface area (Å²) in [7, 11) is 0. The van der Waals surface area contributed by atoms with E-state index in [2.05, 4.69) is 27.2 Å². The van der Waals surface area contributed by atoms with Crippen LogP contribution in [0.1, 0.15) is 30.4 Å². The first-order valence-corrected chi connectivity index (χ1v) is 6.74. The van der Waals surface area contributed by atoms with Gasteiger partial charge in [-0.05, 0) is 25.0 Å². The van der Waals surface area contributed by atoms with Crippen LogP contribution in [0.4, 0.5) is 5.82 Å². The summed E-state index contributed by atoms with van der Waals surface area (Å²) in [5, 5.41) is 3.71. The van der Waals surface area contributed by atoms with Crippen molar-refractivity contribution in [3.8, 4) is 0 Å². The quantitative estimate of drug-likeness (QED) is 0.851. The Morgan fingerprint density at radius 1 is 1.32 bits per heavy atom. The lowest BCUT2D eigenvalue weighted by molar-refractivity contribution is 0.833. The van der Waals surface area contributed by atoms with Crippen LogP contribution in [0.3, 0.4) is 0 Å². The lowest BCUT2D eigenvalue weighted by Crippen LogP contribution is -2.07. The van der Waals surface area contributed by atoms with Gasteiger partial charge in [-0.25, -0.2) is 9.97 Å². The maximum absolute atomic E-state index is 5.99. The van der Waals surface area contributed by atoms with Crippen LogP contribution in [0, 0.1) is 6.92 Å². The van der Waals surface area contributed by atoms with E-state index >= 15 is 0 Å². The van der Waals surface area contributed by atoms with Crippen LogP contribution in [0.15, 0.2) is 24.4 Å². The van der Waals surface area contributed by atoms with Crippen molar-refractivity contribution >= 4 is 17.4 Å². The van der Waals surface area contributed by atoms with E-state index in [9.17, 15) is 0 Å². The zero-order chi connectivity index (χ0) is 13.7. The minimum atomic E-state index is 0.471. The Bertz CT molecular complexity index is 557. The number of nitrogens with zero attached hydrogens (tertiary/aromatic N) is 3. The molecule has 0 atom stereocenters. The monoisotopic (exact) mass is 276 g/mol. The molecule has 2 aromatic rings. The molecule has 5 heteroatoms. The Labute approximate surface area is 118 Å². The standard InChI is InChI=1S/C14H17ClN4/c1-3-5-13-18-12(15)8-14(19-13)17-9-11-10(2)6-4-7-16-11/h4,6-8H,3,5,9H2,1-2H3,(H,17,18,19). The number of rotatable bonds is 5. The molecular weight excluding hydrogens is 260 g/mol. The van der Waals surface area contributed by atoms with Crippen molar-refractivity contribution < 1.29 is 0 Å². The lowest BCUT2D eigenvalue weighted by Gasteiger charge is -2.08. The van der Waals surface area contributed by atoms with Crippen molar-refractivity contribution in [3.05, 3.63) is 46.6 Å². The third-order valence-corrected chi connectivity index (χ3v) is 2.96. The summed E-state index contributed by atoms with van der Waals surface area (Å²) in [5.41, 5.74) is 2.17. The number of pyridine rings is 1. The molecule has 0 bridgehead atoms. The van der Waals surface area contributed by atoms with Gasteiger partial charge in [0.25, 0.3) is 0 Å². The molecule has 0 spiro atoms. The highest BCUT2D eigenvalue weighted by atomic mass is 35.5. The van der Waals surface area contributed by atoms with Crippen LogP contribution >= 0.6 is 11.6 Å². The van der Waals surface area contributed by atoms with Crippen molar-refractivity contribution in [2.24, 2.45) is 0 Å². The number of aryl methyl sites for hydroxylation is 2. The minimum Gasteiger partial charge on any atom is -0.364 e. The maximum Gasteiger partial charge on any atom is 0.134 e. The van der Waals surface area contributed by atoms with Gasteiger partial charge < -0.3 is 5.32 Å². The van der Waals surface area contributed by atoms with Crippen molar-refractivity contribution in [1.82, 2.24) is 15.0 Å². The van der Waals surface area contributed by atoms with E-state index < -0.39 is 0 Å². The second kappa shape index (κ2) is 6.48. The number of halogens is 1. The van der Waals surface area contributed by atoms with E-state index in [-0.39, 0.29) is 0 Å². The highest BCUT2D eigenvalue weighted by Crippen LogP contribution is 2.14. The molecule has 0 aliphatic heterocycles. The van der Waals surface area contributed by atoms with Gasteiger partial charge >= 0.3 is 0 Å². The molecule has 2 aromatic heterocycles. The van der Waals surface area contributed by atoms with Gasteiger partial charge in [0.15, 0.2) is 0 Å². The van der Waals surface area contributed by atoms with Gasteiger partial charge in [0.05, 0.1) is 12.2 Å². The summed E-state index contributed by atoms with van der Waals surface area (Å²) in [6.45, 7) is 4.76. The van der Waals surface area contributed by atoms with E-state index in [1.54, 1.807) is 12.3 Å². The Kier molecular flexibility index (Phi) is 4.68.